The third kappa shape index (κ3) is 3.01. The quantitative estimate of drug-likeness (QED) is 0.921. The van der Waals surface area contributed by atoms with Crippen molar-refractivity contribution in [1.29, 1.82) is 5.26 Å². The molecule has 0 spiro atoms. The molecule has 8 heteroatoms. The lowest BCUT2D eigenvalue weighted by Gasteiger charge is -2.05. The van der Waals surface area contributed by atoms with E-state index in [0.717, 1.165) is 18.2 Å². The maximum Gasteiger partial charge on any atom is 0.241 e. The van der Waals surface area contributed by atoms with Crippen molar-refractivity contribution in [3.63, 3.8) is 0 Å². The normalized spacial score (nSPS) is 11.2. The van der Waals surface area contributed by atoms with Gasteiger partial charge in [0.2, 0.25) is 15.9 Å². The summed E-state index contributed by atoms with van der Waals surface area (Å²) in [6, 6.07) is 4.57. The molecule has 1 N–H and O–H groups in total. The molecule has 0 bridgehead atoms. The van der Waals surface area contributed by atoms with Gasteiger partial charge >= 0.3 is 0 Å². The molecule has 104 valence electrons. The van der Waals surface area contributed by atoms with Crippen molar-refractivity contribution in [2.75, 3.05) is 0 Å². The first kappa shape index (κ1) is 14.2. The molecule has 6 nitrogen and oxygen atoms in total. The van der Waals surface area contributed by atoms with Gasteiger partial charge < -0.3 is 4.42 Å². The van der Waals surface area contributed by atoms with Crippen molar-refractivity contribution < 1.29 is 17.2 Å². The van der Waals surface area contributed by atoms with E-state index in [1.54, 1.807) is 13.0 Å². The number of aryl methyl sites for hydroxylation is 1. The van der Waals surface area contributed by atoms with Gasteiger partial charge in [-0.1, -0.05) is 0 Å². The first-order valence-corrected chi connectivity index (χ1v) is 7.01. The van der Waals surface area contributed by atoms with Gasteiger partial charge in [-0.2, -0.15) is 5.26 Å². The molecule has 2 rings (SSSR count). The van der Waals surface area contributed by atoms with E-state index in [1.165, 1.54) is 6.20 Å². The Morgan fingerprint density at radius 3 is 2.85 bits per heavy atom. The summed E-state index contributed by atoms with van der Waals surface area (Å²) in [6.45, 7) is 1.56. The highest BCUT2D eigenvalue weighted by Crippen LogP contribution is 2.14. The van der Waals surface area contributed by atoms with Gasteiger partial charge in [-0.15, -0.1) is 0 Å². The second kappa shape index (κ2) is 5.40. The summed E-state index contributed by atoms with van der Waals surface area (Å²) in [5.41, 5.74) is -0.333. The van der Waals surface area contributed by atoms with Crippen molar-refractivity contribution in [3.05, 3.63) is 47.4 Å². The number of sulfonamides is 1. The molecule has 1 heterocycles. The standard InChI is InChI=1S/C12H10FN3O3S/c1-8-6-15-12(19-8)7-16-20(17,18)10-2-3-11(13)9(4-10)5-14/h2-4,6,16H,7H2,1H3. The lowest BCUT2D eigenvalue weighted by molar-refractivity contribution is 0.463. The number of nitrogens with zero attached hydrogens (tertiary/aromatic N) is 2. The Morgan fingerprint density at radius 2 is 2.25 bits per heavy atom. The third-order valence-electron chi connectivity index (χ3n) is 2.45. The van der Waals surface area contributed by atoms with Crippen LogP contribution in [0.25, 0.3) is 0 Å². The summed E-state index contributed by atoms with van der Waals surface area (Å²) >= 11 is 0. The zero-order valence-electron chi connectivity index (χ0n) is 10.4. The maximum absolute atomic E-state index is 13.1. The van der Waals surface area contributed by atoms with Crippen LogP contribution in [-0.2, 0) is 16.6 Å². The number of aromatic nitrogens is 1. The van der Waals surface area contributed by atoms with Gasteiger partial charge in [0, 0.05) is 0 Å². The van der Waals surface area contributed by atoms with Crippen LogP contribution < -0.4 is 4.72 Å². The molecule has 0 aliphatic heterocycles. The van der Waals surface area contributed by atoms with E-state index >= 15 is 0 Å². The summed E-state index contributed by atoms with van der Waals surface area (Å²) in [5.74, 6) is 0.0104. The number of benzene rings is 1. The third-order valence-corrected chi connectivity index (χ3v) is 3.85. The number of rotatable bonds is 4. The monoisotopic (exact) mass is 295 g/mol. The molecule has 1 aromatic carbocycles. The molecular formula is C12H10FN3O3S. The Hall–Kier alpha value is -2.24. The minimum absolute atomic E-state index is 0.130. The van der Waals surface area contributed by atoms with E-state index in [1.807, 2.05) is 0 Å². The van der Waals surface area contributed by atoms with Crippen LogP contribution in [0.2, 0.25) is 0 Å². The van der Waals surface area contributed by atoms with Gasteiger partial charge in [0.15, 0.2) is 0 Å². The van der Waals surface area contributed by atoms with E-state index in [4.69, 9.17) is 9.68 Å². The minimum atomic E-state index is -3.87. The van der Waals surface area contributed by atoms with Crippen molar-refractivity contribution in [2.45, 2.75) is 18.4 Å². The Labute approximate surface area is 114 Å². The van der Waals surface area contributed by atoms with Crippen LogP contribution in [0.1, 0.15) is 17.2 Å². The second-order valence-corrected chi connectivity index (χ2v) is 5.71. The summed E-state index contributed by atoms with van der Waals surface area (Å²) < 4.78 is 44.5. The van der Waals surface area contributed by atoms with Crippen molar-refractivity contribution in [2.24, 2.45) is 0 Å². The number of nitriles is 1. The van der Waals surface area contributed by atoms with E-state index < -0.39 is 15.8 Å². The summed E-state index contributed by atoms with van der Waals surface area (Å²) in [7, 11) is -3.87. The molecule has 0 saturated carbocycles. The molecule has 0 saturated heterocycles. The summed E-state index contributed by atoms with van der Waals surface area (Å²) in [5, 5.41) is 8.69. The fraction of sp³-hybridized carbons (Fsp3) is 0.167. The first-order valence-electron chi connectivity index (χ1n) is 5.53. The fourth-order valence-electron chi connectivity index (χ4n) is 1.48. The number of oxazole rings is 1. The Kier molecular flexibility index (Phi) is 3.83. The molecular weight excluding hydrogens is 285 g/mol. The Balaban J connectivity index is 2.20. The highest BCUT2D eigenvalue weighted by atomic mass is 32.2. The van der Waals surface area contributed by atoms with E-state index in [9.17, 15) is 12.8 Å². The Bertz CT molecular complexity index is 777. The molecule has 1 aromatic heterocycles. The summed E-state index contributed by atoms with van der Waals surface area (Å²) in [4.78, 5) is 3.66. The van der Waals surface area contributed by atoms with Crippen LogP contribution in [0.5, 0.6) is 0 Å². The van der Waals surface area contributed by atoms with Gasteiger partial charge in [-0.25, -0.2) is 22.5 Å². The van der Waals surface area contributed by atoms with Crippen LogP contribution in [0.15, 0.2) is 33.7 Å². The molecule has 0 atom stereocenters. The van der Waals surface area contributed by atoms with Crippen LogP contribution in [0.3, 0.4) is 0 Å². The Morgan fingerprint density at radius 1 is 1.50 bits per heavy atom. The van der Waals surface area contributed by atoms with Crippen molar-refractivity contribution in [3.8, 4) is 6.07 Å². The summed E-state index contributed by atoms with van der Waals surface area (Å²) in [6.07, 6.45) is 1.47. The predicted octanol–water partition coefficient (Wildman–Crippen LogP) is 1.47. The van der Waals surface area contributed by atoms with Crippen molar-refractivity contribution >= 4 is 10.0 Å². The van der Waals surface area contributed by atoms with E-state index in [-0.39, 0.29) is 22.9 Å². The van der Waals surface area contributed by atoms with Crippen LogP contribution in [0, 0.1) is 24.1 Å². The second-order valence-electron chi connectivity index (χ2n) is 3.94. The van der Waals surface area contributed by atoms with Crippen LogP contribution >= 0.6 is 0 Å². The van der Waals surface area contributed by atoms with Crippen LogP contribution in [0.4, 0.5) is 4.39 Å². The number of hydrogen-bond donors (Lipinski definition) is 1. The first-order chi connectivity index (χ1) is 9.42. The molecule has 0 amide bonds. The zero-order valence-corrected chi connectivity index (χ0v) is 11.2. The topological polar surface area (TPSA) is 96.0 Å². The van der Waals surface area contributed by atoms with Gasteiger partial charge in [-0.05, 0) is 25.1 Å². The molecule has 0 fully saturated rings. The smallest absolute Gasteiger partial charge is 0.241 e. The highest BCUT2D eigenvalue weighted by molar-refractivity contribution is 7.89. The van der Waals surface area contributed by atoms with Gasteiger partial charge in [0.05, 0.1) is 23.2 Å². The lowest BCUT2D eigenvalue weighted by atomic mass is 10.2. The maximum atomic E-state index is 13.1. The average molecular weight is 295 g/mol. The van der Waals surface area contributed by atoms with Crippen LogP contribution in [-0.4, -0.2) is 13.4 Å². The highest BCUT2D eigenvalue weighted by Gasteiger charge is 2.17. The van der Waals surface area contributed by atoms with Gasteiger partial charge in [-0.3, -0.25) is 0 Å². The molecule has 0 aliphatic carbocycles. The van der Waals surface area contributed by atoms with E-state index in [0.29, 0.717) is 5.76 Å². The number of halogens is 1. The molecule has 0 aliphatic rings. The molecule has 0 unspecified atom stereocenters. The SMILES string of the molecule is Cc1cnc(CNS(=O)(=O)c2ccc(F)c(C#N)c2)o1. The molecule has 20 heavy (non-hydrogen) atoms. The van der Waals surface area contributed by atoms with Gasteiger partial charge in [0.1, 0.15) is 17.6 Å². The average Bonchev–Trinajstić information content (AvgIpc) is 2.83. The lowest BCUT2D eigenvalue weighted by Crippen LogP contribution is -2.23. The zero-order chi connectivity index (χ0) is 14.8. The van der Waals surface area contributed by atoms with Crippen molar-refractivity contribution in [1.82, 2.24) is 9.71 Å². The molecule has 2 aromatic rings. The fourth-order valence-corrected chi connectivity index (χ4v) is 2.48. The number of hydrogen-bond acceptors (Lipinski definition) is 5. The van der Waals surface area contributed by atoms with E-state index in [2.05, 4.69) is 9.71 Å². The van der Waals surface area contributed by atoms with Gasteiger partial charge in [0.25, 0.3) is 0 Å². The predicted molar refractivity (Wildman–Crippen MR) is 66.4 cm³/mol. The minimum Gasteiger partial charge on any atom is -0.445 e. The molecule has 0 radical (unpaired) electrons. The number of nitrogens with one attached hydrogen (secondary N) is 1. The largest absolute Gasteiger partial charge is 0.445 e.